The minimum absolute atomic E-state index is 1.10. The Morgan fingerprint density at radius 1 is 0.609 bits per heavy atom. The summed E-state index contributed by atoms with van der Waals surface area (Å²) in [5, 5.41) is 0. The lowest BCUT2D eigenvalue weighted by atomic mass is 9.96. The molecule has 0 saturated carbocycles. The van der Waals surface area contributed by atoms with Crippen LogP contribution < -0.4 is 0 Å². The summed E-state index contributed by atoms with van der Waals surface area (Å²) in [6.45, 7) is 6.70. The lowest BCUT2D eigenvalue weighted by Crippen LogP contribution is -1.88. The summed E-state index contributed by atoms with van der Waals surface area (Å²) < 4.78 is 0. The molecule has 0 amide bonds. The van der Waals surface area contributed by atoms with Crippen LogP contribution in [0.1, 0.15) is 38.9 Å². The summed E-state index contributed by atoms with van der Waals surface area (Å²) in [6, 6.07) is 16.3. The highest BCUT2D eigenvalue weighted by molar-refractivity contribution is 5.87. The minimum Gasteiger partial charge on any atom is -0.0614 e. The van der Waals surface area contributed by atoms with Crippen LogP contribution in [0.25, 0.3) is 22.3 Å². The fourth-order valence-electron chi connectivity index (χ4n) is 4.53. The van der Waals surface area contributed by atoms with E-state index in [0.29, 0.717) is 0 Å². The monoisotopic (exact) mass is 296 g/mol. The molecule has 0 N–H and O–H groups in total. The minimum atomic E-state index is 1.10. The Morgan fingerprint density at radius 2 is 1.30 bits per heavy atom. The van der Waals surface area contributed by atoms with Crippen molar-refractivity contribution < 1.29 is 0 Å². The van der Waals surface area contributed by atoms with E-state index in [1.807, 2.05) is 0 Å². The molecule has 0 spiro atoms. The zero-order chi connectivity index (χ0) is 15.7. The van der Waals surface area contributed by atoms with Crippen LogP contribution >= 0.6 is 0 Å². The first-order chi connectivity index (χ1) is 11.1. The third kappa shape index (κ3) is 1.72. The fraction of sp³-hybridized carbons (Fsp3) is 0.217. The lowest BCUT2D eigenvalue weighted by Gasteiger charge is -2.08. The number of benzene rings is 3. The quantitative estimate of drug-likeness (QED) is 0.341. The average molecular weight is 296 g/mol. The van der Waals surface area contributed by atoms with Gasteiger partial charge in [-0.1, -0.05) is 42.0 Å². The van der Waals surface area contributed by atoms with Crippen molar-refractivity contribution in [2.45, 2.75) is 33.6 Å². The Balaban J connectivity index is 1.77. The van der Waals surface area contributed by atoms with Crippen molar-refractivity contribution >= 4 is 0 Å². The summed E-state index contributed by atoms with van der Waals surface area (Å²) in [4.78, 5) is 0. The van der Waals surface area contributed by atoms with Gasteiger partial charge >= 0.3 is 0 Å². The van der Waals surface area contributed by atoms with Gasteiger partial charge in [-0.15, -0.1) is 0 Å². The maximum atomic E-state index is 2.47. The van der Waals surface area contributed by atoms with Crippen LogP contribution in [0.2, 0.25) is 0 Å². The summed E-state index contributed by atoms with van der Waals surface area (Å²) in [5.74, 6) is 0. The fourth-order valence-corrected chi connectivity index (χ4v) is 4.53. The zero-order valence-electron chi connectivity index (χ0n) is 14.0. The number of aryl methyl sites for hydroxylation is 3. The molecule has 5 rings (SSSR count). The zero-order valence-corrected chi connectivity index (χ0v) is 14.0. The first kappa shape index (κ1) is 13.1. The lowest BCUT2D eigenvalue weighted by molar-refractivity contribution is 1.18. The van der Waals surface area contributed by atoms with E-state index in [1.165, 1.54) is 61.2 Å². The molecule has 2 aliphatic carbocycles. The van der Waals surface area contributed by atoms with E-state index in [1.54, 1.807) is 0 Å². The van der Waals surface area contributed by atoms with Gasteiger partial charge in [0, 0.05) is 0 Å². The molecule has 0 radical (unpaired) electrons. The molecule has 0 nitrogen and oxygen atoms in total. The highest BCUT2D eigenvalue weighted by atomic mass is 14.3. The molecule has 112 valence electrons. The van der Waals surface area contributed by atoms with Crippen LogP contribution in [0, 0.1) is 20.8 Å². The molecule has 0 bridgehead atoms. The van der Waals surface area contributed by atoms with Crippen molar-refractivity contribution in [3.63, 3.8) is 0 Å². The molecular weight excluding hydrogens is 276 g/mol. The normalized spacial score (nSPS) is 13.5. The molecule has 0 saturated heterocycles. The molecule has 2 aliphatic rings. The smallest absolute Gasteiger partial charge is 0.00107 e. The summed E-state index contributed by atoms with van der Waals surface area (Å²) in [6.07, 6.45) is 2.19. The Bertz CT molecular complexity index is 989. The van der Waals surface area contributed by atoms with Crippen LogP contribution in [0.5, 0.6) is 0 Å². The van der Waals surface area contributed by atoms with E-state index in [0.717, 1.165) is 12.8 Å². The molecule has 0 heteroatoms. The predicted octanol–water partition coefficient (Wildman–Crippen LogP) is 5.75. The third-order valence-electron chi connectivity index (χ3n) is 5.67. The first-order valence-electron chi connectivity index (χ1n) is 8.47. The second-order valence-electron chi connectivity index (χ2n) is 7.23. The number of hydrogen-bond acceptors (Lipinski definition) is 0. The highest BCUT2D eigenvalue weighted by Gasteiger charge is 2.26. The van der Waals surface area contributed by atoms with E-state index in [4.69, 9.17) is 0 Å². The molecule has 0 unspecified atom stereocenters. The molecular formula is C23H20. The van der Waals surface area contributed by atoms with E-state index in [9.17, 15) is 0 Å². The van der Waals surface area contributed by atoms with Crippen molar-refractivity contribution in [3.8, 4) is 22.3 Å². The van der Waals surface area contributed by atoms with Crippen molar-refractivity contribution in [2.24, 2.45) is 0 Å². The largest absolute Gasteiger partial charge is 0.0614 e. The molecule has 0 fully saturated rings. The first-order valence-corrected chi connectivity index (χ1v) is 8.47. The van der Waals surface area contributed by atoms with E-state index in [-0.39, 0.29) is 0 Å². The Morgan fingerprint density at radius 3 is 2.09 bits per heavy atom. The molecule has 0 atom stereocenters. The standard InChI is InChI=1S/C23H20/c1-13-7-15(3)20-11-17-9-16-10-19-14(2)5-4-6-18(19)21(16)12-22(17)23(20)8-13/h4-9,12H,10-11H2,1-3H3. The second-order valence-corrected chi connectivity index (χ2v) is 7.23. The van der Waals surface area contributed by atoms with Gasteiger partial charge < -0.3 is 0 Å². The van der Waals surface area contributed by atoms with Gasteiger partial charge in [0.25, 0.3) is 0 Å². The maximum absolute atomic E-state index is 2.47. The van der Waals surface area contributed by atoms with Gasteiger partial charge in [-0.25, -0.2) is 0 Å². The third-order valence-corrected chi connectivity index (χ3v) is 5.67. The number of rotatable bonds is 0. The van der Waals surface area contributed by atoms with Crippen LogP contribution in [0.3, 0.4) is 0 Å². The van der Waals surface area contributed by atoms with Crippen LogP contribution in [-0.2, 0) is 12.8 Å². The van der Waals surface area contributed by atoms with Crippen molar-refractivity contribution in [1.82, 2.24) is 0 Å². The summed E-state index contributed by atoms with van der Waals surface area (Å²) in [7, 11) is 0. The van der Waals surface area contributed by atoms with Crippen molar-refractivity contribution in [1.29, 1.82) is 0 Å². The molecule has 3 aromatic carbocycles. The van der Waals surface area contributed by atoms with Gasteiger partial charge in [-0.2, -0.15) is 0 Å². The van der Waals surface area contributed by atoms with Crippen LogP contribution in [-0.4, -0.2) is 0 Å². The Hall–Kier alpha value is -2.34. The van der Waals surface area contributed by atoms with Crippen LogP contribution in [0.4, 0.5) is 0 Å². The molecule has 23 heavy (non-hydrogen) atoms. The van der Waals surface area contributed by atoms with E-state index < -0.39 is 0 Å². The van der Waals surface area contributed by atoms with Crippen LogP contribution in [0.15, 0.2) is 42.5 Å². The Kier molecular flexibility index (Phi) is 2.48. The van der Waals surface area contributed by atoms with Gasteiger partial charge in [-0.05, 0) is 95.3 Å². The summed E-state index contributed by atoms with van der Waals surface area (Å²) >= 11 is 0. The van der Waals surface area contributed by atoms with Crippen molar-refractivity contribution in [3.05, 3.63) is 81.4 Å². The van der Waals surface area contributed by atoms with E-state index >= 15 is 0 Å². The van der Waals surface area contributed by atoms with Crippen molar-refractivity contribution in [2.75, 3.05) is 0 Å². The topological polar surface area (TPSA) is 0 Å². The van der Waals surface area contributed by atoms with Gasteiger partial charge in [0.05, 0.1) is 0 Å². The highest BCUT2D eigenvalue weighted by Crippen LogP contribution is 2.46. The second kappa shape index (κ2) is 4.35. The summed E-state index contributed by atoms with van der Waals surface area (Å²) in [5.41, 5.74) is 16.1. The van der Waals surface area contributed by atoms with Gasteiger partial charge in [0.2, 0.25) is 0 Å². The average Bonchev–Trinajstić information content (AvgIpc) is 3.05. The SMILES string of the molecule is Cc1cc(C)c2c(c1)-c1cc3c(cc1C2)Cc1c(C)cccc1-3. The van der Waals surface area contributed by atoms with E-state index in [2.05, 4.69) is 63.2 Å². The van der Waals surface area contributed by atoms with Gasteiger partial charge in [0.15, 0.2) is 0 Å². The molecule has 0 heterocycles. The maximum Gasteiger partial charge on any atom is -0.00107 e. The number of fused-ring (bicyclic) bond motifs is 6. The molecule has 3 aromatic rings. The molecule has 0 aromatic heterocycles. The number of hydrogen-bond donors (Lipinski definition) is 0. The van der Waals surface area contributed by atoms with Gasteiger partial charge in [0.1, 0.15) is 0 Å². The molecule has 0 aliphatic heterocycles. The Labute approximate surface area is 137 Å². The predicted molar refractivity (Wildman–Crippen MR) is 97.1 cm³/mol. The van der Waals surface area contributed by atoms with Gasteiger partial charge in [-0.3, -0.25) is 0 Å².